The zero-order valence-corrected chi connectivity index (χ0v) is 14.2. The van der Waals surface area contributed by atoms with Gasteiger partial charge in [-0.25, -0.2) is 0 Å². The summed E-state index contributed by atoms with van der Waals surface area (Å²) in [6, 6.07) is 0. The molecule has 0 saturated carbocycles. The van der Waals surface area contributed by atoms with Crippen LogP contribution in [0.25, 0.3) is 0 Å². The molecule has 0 aromatic carbocycles. The van der Waals surface area contributed by atoms with Gasteiger partial charge in [-0.1, -0.05) is 0 Å². The number of hydrogen-bond acceptors (Lipinski definition) is 4. The van der Waals surface area contributed by atoms with Crippen molar-refractivity contribution in [1.29, 1.82) is 0 Å². The highest BCUT2D eigenvalue weighted by Crippen LogP contribution is 2.20. The van der Waals surface area contributed by atoms with E-state index in [1.165, 1.54) is 9.80 Å². The van der Waals surface area contributed by atoms with E-state index in [9.17, 15) is 14.4 Å². The molecule has 2 rings (SSSR count). The monoisotopic (exact) mass is 324 g/mol. The topological polar surface area (TPSA) is 73.0 Å². The van der Waals surface area contributed by atoms with Crippen LogP contribution in [0.5, 0.6) is 0 Å². The van der Waals surface area contributed by atoms with Crippen molar-refractivity contribution >= 4 is 17.7 Å². The Bertz CT molecular complexity index is 447. The van der Waals surface area contributed by atoms with Gasteiger partial charge in [0, 0.05) is 32.7 Å². The Hall–Kier alpha value is -1.63. The van der Waals surface area contributed by atoms with Crippen LogP contribution in [0.2, 0.25) is 0 Å². The minimum atomic E-state index is -0.546. The van der Waals surface area contributed by atoms with Crippen LogP contribution in [0.15, 0.2) is 0 Å². The van der Waals surface area contributed by atoms with Crippen molar-refractivity contribution in [2.24, 2.45) is 5.92 Å². The van der Waals surface area contributed by atoms with E-state index in [1.54, 1.807) is 0 Å². The summed E-state index contributed by atoms with van der Waals surface area (Å²) in [4.78, 5) is 41.0. The summed E-state index contributed by atoms with van der Waals surface area (Å²) in [7, 11) is 1.95. The molecule has 2 aliphatic heterocycles. The fourth-order valence-electron chi connectivity index (χ4n) is 3.25. The van der Waals surface area contributed by atoms with E-state index in [0.717, 1.165) is 38.9 Å². The normalized spacial score (nSPS) is 20.3. The summed E-state index contributed by atoms with van der Waals surface area (Å²) in [6.45, 7) is 5.90. The molecule has 0 bridgehead atoms. The summed E-state index contributed by atoms with van der Waals surface area (Å²) >= 11 is 0. The SMILES string of the molecule is CCN1CCN(CC(=O)N2CCC(CCNC)CC2)C(=O)C1=O. The lowest BCUT2D eigenvalue weighted by Crippen LogP contribution is -2.56. The molecule has 0 atom stereocenters. The molecule has 0 unspecified atom stereocenters. The zero-order valence-electron chi connectivity index (χ0n) is 14.2. The Balaban J connectivity index is 1.79. The second kappa shape index (κ2) is 8.29. The number of piperidine rings is 1. The fraction of sp³-hybridized carbons (Fsp3) is 0.812. The maximum atomic E-state index is 12.4. The number of likely N-dealkylation sites (tertiary alicyclic amines) is 1. The van der Waals surface area contributed by atoms with E-state index in [2.05, 4.69) is 5.32 Å². The average molecular weight is 324 g/mol. The van der Waals surface area contributed by atoms with Crippen molar-refractivity contribution in [2.75, 3.05) is 52.9 Å². The van der Waals surface area contributed by atoms with Gasteiger partial charge in [0.05, 0.1) is 0 Å². The molecule has 2 fully saturated rings. The van der Waals surface area contributed by atoms with Crippen LogP contribution in [-0.2, 0) is 14.4 Å². The van der Waals surface area contributed by atoms with Gasteiger partial charge in [-0.3, -0.25) is 14.4 Å². The first kappa shape index (κ1) is 17.7. The summed E-state index contributed by atoms with van der Waals surface area (Å²) in [5.74, 6) is -0.404. The molecule has 7 nitrogen and oxygen atoms in total. The summed E-state index contributed by atoms with van der Waals surface area (Å²) in [5.41, 5.74) is 0. The van der Waals surface area contributed by atoms with E-state index < -0.39 is 11.8 Å². The summed E-state index contributed by atoms with van der Waals surface area (Å²) in [6.07, 6.45) is 3.18. The number of nitrogens with one attached hydrogen (secondary N) is 1. The molecule has 1 N–H and O–H groups in total. The second-order valence-corrected chi connectivity index (χ2v) is 6.33. The van der Waals surface area contributed by atoms with E-state index >= 15 is 0 Å². The number of hydrogen-bond donors (Lipinski definition) is 1. The molecule has 2 saturated heterocycles. The number of carbonyl (C=O) groups is 3. The molecule has 3 amide bonds. The van der Waals surface area contributed by atoms with Crippen LogP contribution in [0.4, 0.5) is 0 Å². The van der Waals surface area contributed by atoms with Gasteiger partial charge in [-0.05, 0) is 45.7 Å². The third-order valence-corrected chi connectivity index (χ3v) is 4.87. The molecule has 0 aromatic rings. The van der Waals surface area contributed by atoms with Gasteiger partial charge >= 0.3 is 11.8 Å². The fourth-order valence-corrected chi connectivity index (χ4v) is 3.25. The quantitative estimate of drug-likeness (QED) is 0.670. The van der Waals surface area contributed by atoms with Gasteiger partial charge in [0.25, 0.3) is 0 Å². The predicted octanol–water partition coefficient (Wildman–Crippen LogP) is -0.475. The largest absolute Gasteiger partial charge is 0.341 e. The minimum Gasteiger partial charge on any atom is -0.341 e. The summed E-state index contributed by atoms with van der Waals surface area (Å²) < 4.78 is 0. The molecule has 130 valence electrons. The Morgan fingerprint density at radius 3 is 2.30 bits per heavy atom. The van der Waals surface area contributed by atoms with Crippen LogP contribution >= 0.6 is 0 Å². The number of rotatable bonds is 6. The first-order chi connectivity index (χ1) is 11.1. The Morgan fingerprint density at radius 2 is 1.70 bits per heavy atom. The Labute approximate surface area is 138 Å². The lowest BCUT2D eigenvalue weighted by atomic mass is 9.93. The van der Waals surface area contributed by atoms with Crippen LogP contribution in [0.3, 0.4) is 0 Å². The van der Waals surface area contributed by atoms with Crippen molar-refractivity contribution in [2.45, 2.75) is 26.2 Å². The van der Waals surface area contributed by atoms with Crippen LogP contribution in [-0.4, -0.2) is 85.3 Å². The molecule has 0 radical (unpaired) electrons. The van der Waals surface area contributed by atoms with E-state index in [-0.39, 0.29) is 12.5 Å². The van der Waals surface area contributed by atoms with Crippen LogP contribution in [0.1, 0.15) is 26.2 Å². The number of likely N-dealkylation sites (N-methyl/N-ethyl adjacent to an activating group) is 1. The maximum Gasteiger partial charge on any atom is 0.312 e. The smallest absolute Gasteiger partial charge is 0.312 e. The third kappa shape index (κ3) is 4.43. The standard InChI is InChI=1S/C16H28N4O3/c1-3-18-10-11-20(16(23)15(18)22)12-14(21)19-8-5-13(6-9-19)4-7-17-2/h13,17H,3-12H2,1-2H3. The van der Waals surface area contributed by atoms with Gasteiger partial charge in [0.15, 0.2) is 0 Å². The van der Waals surface area contributed by atoms with Crippen molar-refractivity contribution in [1.82, 2.24) is 20.0 Å². The molecular weight excluding hydrogens is 296 g/mol. The van der Waals surface area contributed by atoms with Gasteiger partial charge in [-0.15, -0.1) is 0 Å². The van der Waals surface area contributed by atoms with Gasteiger partial charge in [0.1, 0.15) is 6.54 Å². The molecule has 0 aromatic heterocycles. The number of piperazine rings is 1. The summed E-state index contributed by atoms with van der Waals surface area (Å²) in [5, 5.41) is 3.16. The molecule has 2 aliphatic rings. The second-order valence-electron chi connectivity index (χ2n) is 6.33. The van der Waals surface area contributed by atoms with Crippen molar-refractivity contribution in [3.8, 4) is 0 Å². The van der Waals surface area contributed by atoms with Crippen LogP contribution in [0, 0.1) is 5.92 Å². The lowest BCUT2D eigenvalue weighted by molar-refractivity contribution is -0.157. The number of amides is 3. The molecule has 0 aliphatic carbocycles. The van der Waals surface area contributed by atoms with E-state index in [1.807, 2.05) is 18.9 Å². The first-order valence-corrected chi connectivity index (χ1v) is 8.57. The minimum absolute atomic E-state index is 0.0311. The third-order valence-electron chi connectivity index (χ3n) is 4.87. The zero-order chi connectivity index (χ0) is 16.8. The van der Waals surface area contributed by atoms with Crippen molar-refractivity contribution in [3.05, 3.63) is 0 Å². The molecule has 23 heavy (non-hydrogen) atoms. The molecule has 0 spiro atoms. The highest BCUT2D eigenvalue weighted by Gasteiger charge is 2.33. The maximum absolute atomic E-state index is 12.4. The van der Waals surface area contributed by atoms with E-state index in [0.29, 0.717) is 25.6 Å². The Morgan fingerprint density at radius 1 is 1.09 bits per heavy atom. The average Bonchev–Trinajstić information content (AvgIpc) is 2.57. The van der Waals surface area contributed by atoms with Gasteiger partial charge in [0.2, 0.25) is 5.91 Å². The number of nitrogens with zero attached hydrogens (tertiary/aromatic N) is 3. The van der Waals surface area contributed by atoms with E-state index in [4.69, 9.17) is 0 Å². The molecular formula is C16H28N4O3. The van der Waals surface area contributed by atoms with Gasteiger partial charge in [-0.2, -0.15) is 0 Å². The molecule has 2 heterocycles. The van der Waals surface area contributed by atoms with Crippen LogP contribution < -0.4 is 5.32 Å². The van der Waals surface area contributed by atoms with Crippen molar-refractivity contribution < 1.29 is 14.4 Å². The Kier molecular flexibility index (Phi) is 6.38. The first-order valence-electron chi connectivity index (χ1n) is 8.57. The predicted molar refractivity (Wildman–Crippen MR) is 86.7 cm³/mol. The van der Waals surface area contributed by atoms with Crippen molar-refractivity contribution in [3.63, 3.8) is 0 Å². The molecule has 7 heteroatoms. The van der Waals surface area contributed by atoms with Gasteiger partial charge < -0.3 is 20.0 Å². The highest BCUT2D eigenvalue weighted by molar-refractivity contribution is 6.35. The lowest BCUT2D eigenvalue weighted by Gasteiger charge is -2.36. The number of carbonyl (C=O) groups excluding carboxylic acids is 3. The highest BCUT2D eigenvalue weighted by atomic mass is 16.2.